The number of halogens is 10. The third-order valence-corrected chi connectivity index (χ3v) is 6.98. The predicted octanol–water partition coefficient (Wildman–Crippen LogP) is 8.32. The summed E-state index contributed by atoms with van der Waals surface area (Å²) in [4.78, 5) is 13.7. The molecule has 1 amide bonds. The largest absolute Gasteiger partial charge is 0.494 e. The van der Waals surface area contributed by atoms with Crippen LogP contribution in [0.3, 0.4) is 0 Å². The Hall–Kier alpha value is -4.49. The molecular weight excluding hydrogens is 624 g/mol. The summed E-state index contributed by atoms with van der Waals surface area (Å²) in [5, 5.41) is 2.52. The van der Waals surface area contributed by atoms with Crippen LogP contribution in [0.4, 0.5) is 43.9 Å². The Kier molecular flexibility index (Phi) is 9.54. The second-order valence-electron chi connectivity index (χ2n) is 10.00. The van der Waals surface area contributed by atoms with Crippen LogP contribution in [0.2, 0.25) is 0 Å². The molecule has 240 valence electrons. The summed E-state index contributed by atoms with van der Waals surface area (Å²) in [6.45, 7) is 0. The van der Waals surface area contributed by atoms with Crippen molar-refractivity contribution in [1.29, 1.82) is 0 Å². The molecule has 0 saturated carbocycles. The lowest BCUT2D eigenvalue weighted by Crippen LogP contribution is -2.49. The van der Waals surface area contributed by atoms with E-state index in [4.69, 9.17) is 4.74 Å². The van der Waals surface area contributed by atoms with E-state index >= 15 is 4.39 Å². The normalized spacial score (nSPS) is 15.4. The molecule has 1 aliphatic carbocycles. The van der Waals surface area contributed by atoms with E-state index < -0.39 is 88.7 Å². The van der Waals surface area contributed by atoms with Crippen LogP contribution in [0.1, 0.15) is 29.5 Å². The number of methoxy groups -OCH3 is 1. The number of carbonyl (C=O) groups excluding carboxylic acids is 1. The number of nitrogens with one attached hydrogen (secondary N) is 1. The van der Waals surface area contributed by atoms with Crippen molar-refractivity contribution in [1.82, 2.24) is 5.32 Å². The molecule has 4 nitrogen and oxygen atoms in total. The Balaban J connectivity index is 1.98. The van der Waals surface area contributed by atoms with Gasteiger partial charge >= 0.3 is 18.7 Å². The first-order valence-electron chi connectivity index (χ1n) is 13.1. The minimum Gasteiger partial charge on any atom is -0.494 e. The van der Waals surface area contributed by atoms with Gasteiger partial charge in [0.2, 0.25) is 5.91 Å². The molecule has 45 heavy (non-hydrogen) atoms. The van der Waals surface area contributed by atoms with Gasteiger partial charge in [-0.05, 0) is 53.5 Å². The molecule has 0 fully saturated rings. The maximum atomic E-state index is 15.0. The second-order valence-corrected chi connectivity index (χ2v) is 10.00. The van der Waals surface area contributed by atoms with Gasteiger partial charge in [0.05, 0.1) is 18.2 Å². The van der Waals surface area contributed by atoms with E-state index in [1.807, 2.05) is 0 Å². The van der Waals surface area contributed by atoms with Crippen molar-refractivity contribution in [2.45, 2.75) is 43.5 Å². The molecule has 1 atom stereocenters. The van der Waals surface area contributed by atoms with E-state index in [2.05, 4.69) is 10.1 Å². The Labute approximate surface area is 249 Å². The highest BCUT2D eigenvalue weighted by Gasteiger charge is 2.45. The molecule has 0 radical (unpaired) electrons. The number of carbonyl (C=O) groups is 1. The summed E-state index contributed by atoms with van der Waals surface area (Å²) in [5.41, 5.74) is -4.44. The molecule has 0 bridgehead atoms. The Morgan fingerprint density at radius 1 is 0.889 bits per heavy atom. The highest BCUT2D eigenvalue weighted by atomic mass is 19.4. The number of allylic oxidation sites excluding steroid dienone is 3. The first kappa shape index (κ1) is 33.4. The highest BCUT2D eigenvalue weighted by Crippen LogP contribution is 2.41. The SMILES string of the molecule is COc1cc([C@@](Cc2ccccc2)(NC(=O)C2=CC(C(F)(F)F)=C(F)CC2)c2cc(F)cc(OC(F)(F)C(F)F)c2)ccc1F. The molecule has 1 aliphatic rings. The molecule has 0 aromatic heterocycles. The van der Waals surface area contributed by atoms with Gasteiger partial charge in [0.25, 0.3) is 0 Å². The van der Waals surface area contributed by atoms with Gasteiger partial charge in [0, 0.05) is 24.5 Å². The van der Waals surface area contributed by atoms with Gasteiger partial charge in [-0.2, -0.15) is 30.7 Å². The molecule has 3 aromatic rings. The number of hydrogen-bond acceptors (Lipinski definition) is 3. The van der Waals surface area contributed by atoms with Crippen LogP contribution in [0.15, 0.2) is 89.8 Å². The molecule has 0 spiro atoms. The third-order valence-electron chi connectivity index (χ3n) is 6.98. The zero-order chi connectivity index (χ0) is 33.2. The minimum atomic E-state index is -5.15. The molecule has 14 heteroatoms. The van der Waals surface area contributed by atoms with E-state index in [0.717, 1.165) is 37.4 Å². The molecule has 0 saturated heterocycles. The topological polar surface area (TPSA) is 47.6 Å². The summed E-state index contributed by atoms with van der Waals surface area (Å²) in [6.07, 6.45) is -15.8. The average molecular weight is 648 g/mol. The number of alkyl halides is 7. The first-order valence-corrected chi connectivity index (χ1v) is 13.1. The fourth-order valence-electron chi connectivity index (χ4n) is 4.85. The van der Waals surface area contributed by atoms with Crippen molar-refractivity contribution >= 4 is 5.91 Å². The van der Waals surface area contributed by atoms with Gasteiger partial charge in [-0.25, -0.2) is 13.2 Å². The van der Waals surface area contributed by atoms with Crippen LogP contribution in [-0.2, 0) is 16.8 Å². The number of benzene rings is 3. The highest BCUT2D eigenvalue weighted by molar-refractivity contribution is 5.95. The van der Waals surface area contributed by atoms with Gasteiger partial charge in [0.1, 0.15) is 17.4 Å². The fourth-order valence-corrected chi connectivity index (χ4v) is 4.85. The summed E-state index contributed by atoms with van der Waals surface area (Å²) in [7, 11) is 1.10. The van der Waals surface area contributed by atoms with Crippen molar-refractivity contribution in [3.8, 4) is 11.5 Å². The molecule has 0 aliphatic heterocycles. The van der Waals surface area contributed by atoms with Crippen molar-refractivity contribution in [3.05, 3.63) is 118 Å². The summed E-state index contributed by atoms with van der Waals surface area (Å²) in [5.74, 6) is -6.34. The summed E-state index contributed by atoms with van der Waals surface area (Å²) < 4.78 is 147. The van der Waals surface area contributed by atoms with Crippen LogP contribution in [0.5, 0.6) is 11.5 Å². The van der Waals surface area contributed by atoms with Gasteiger partial charge in [-0.3, -0.25) is 4.79 Å². The molecule has 0 heterocycles. The minimum absolute atomic E-state index is 0.0794. The Morgan fingerprint density at radius 3 is 2.20 bits per heavy atom. The third kappa shape index (κ3) is 7.43. The van der Waals surface area contributed by atoms with Crippen LogP contribution >= 0.6 is 0 Å². The quantitative estimate of drug-likeness (QED) is 0.225. The van der Waals surface area contributed by atoms with E-state index in [1.165, 1.54) is 0 Å². The monoisotopic (exact) mass is 647 g/mol. The van der Waals surface area contributed by atoms with Gasteiger partial charge in [0.15, 0.2) is 11.6 Å². The van der Waals surface area contributed by atoms with Gasteiger partial charge in [-0.1, -0.05) is 36.4 Å². The van der Waals surface area contributed by atoms with E-state index in [9.17, 15) is 44.3 Å². The summed E-state index contributed by atoms with van der Waals surface area (Å²) >= 11 is 0. The second kappa shape index (κ2) is 12.9. The lowest BCUT2D eigenvalue weighted by atomic mass is 9.77. The molecule has 3 aromatic carbocycles. The number of ether oxygens (including phenoxy) is 2. The van der Waals surface area contributed by atoms with Gasteiger partial charge < -0.3 is 14.8 Å². The smallest absolute Gasteiger partial charge is 0.461 e. The Morgan fingerprint density at radius 2 is 1.58 bits per heavy atom. The fraction of sp³-hybridized carbons (Fsp3) is 0.258. The molecule has 1 N–H and O–H groups in total. The van der Waals surface area contributed by atoms with E-state index in [1.54, 1.807) is 30.3 Å². The molecule has 0 unspecified atom stereocenters. The molecule has 4 rings (SSSR count). The lowest BCUT2D eigenvalue weighted by Gasteiger charge is -2.37. The maximum absolute atomic E-state index is 15.0. The lowest BCUT2D eigenvalue weighted by molar-refractivity contribution is -0.253. The number of hydrogen-bond donors (Lipinski definition) is 1. The average Bonchev–Trinajstić information content (AvgIpc) is 2.96. The van der Waals surface area contributed by atoms with Crippen molar-refractivity contribution in [3.63, 3.8) is 0 Å². The first-order chi connectivity index (χ1) is 21.1. The van der Waals surface area contributed by atoms with Crippen LogP contribution in [0.25, 0.3) is 0 Å². The van der Waals surface area contributed by atoms with Crippen LogP contribution in [-0.4, -0.2) is 31.7 Å². The number of rotatable bonds is 10. The van der Waals surface area contributed by atoms with Crippen molar-refractivity contribution in [2.24, 2.45) is 0 Å². The zero-order valence-corrected chi connectivity index (χ0v) is 23.1. The zero-order valence-electron chi connectivity index (χ0n) is 23.1. The van der Waals surface area contributed by atoms with E-state index in [-0.39, 0.29) is 12.0 Å². The predicted molar refractivity (Wildman–Crippen MR) is 142 cm³/mol. The standard InChI is InChI=1S/C31H23F10NO3/c1-44-26-14-19(8-10-25(26)34)29(16-17-5-3-2-4-6-17,20-12-21(32)15-22(13-20)45-31(40,41)28(35)36)42-27(43)18-7-9-24(33)23(11-18)30(37,38)39/h2-6,8,10-15,28H,7,9,16H2,1H3,(H,42,43)/t29-/m1/s1. The van der Waals surface area contributed by atoms with Crippen molar-refractivity contribution < 1.29 is 58.2 Å². The maximum Gasteiger partial charge on any atom is 0.461 e. The van der Waals surface area contributed by atoms with Crippen LogP contribution < -0.4 is 14.8 Å². The molecular formula is C31H23F10NO3. The Bertz CT molecular complexity index is 1620. The van der Waals surface area contributed by atoms with Crippen LogP contribution in [0, 0.1) is 11.6 Å². The van der Waals surface area contributed by atoms with Gasteiger partial charge in [-0.15, -0.1) is 0 Å². The van der Waals surface area contributed by atoms with Crippen molar-refractivity contribution in [2.75, 3.05) is 7.11 Å². The van der Waals surface area contributed by atoms with E-state index in [0.29, 0.717) is 17.7 Å². The number of amides is 1. The summed E-state index contributed by atoms with van der Waals surface area (Å²) in [6, 6.07) is 12.8.